The fraction of sp³-hybridized carbons (Fsp3) is 0.625. The van der Waals surface area contributed by atoms with Crippen molar-refractivity contribution in [3.63, 3.8) is 0 Å². The van der Waals surface area contributed by atoms with Crippen molar-refractivity contribution in [2.24, 2.45) is 5.92 Å². The fourth-order valence-corrected chi connectivity index (χ4v) is 3.71. The Morgan fingerprint density at radius 1 is 1.10 bits per heavy atom. The van der Waals surface area contributed by atoms with E-state index in [9.17, 15) is 13.2 Å². The van der Waals surface area contributed by atoms with Gasteiger partial charge in [0.1, 0.15) is 0 Å². The molecule has 1 aliphatic carbocycles. The second-order valence-electron chi connectivity index (χ2n) is 6.25. The van der Waals surface area contributed by atoms with Crippen LogP contribution in [0, 0.1) is 5.92 Å². The average Bonchev–Trinajstić information content (AvgIpc) is 2.47. The molecule has 2 nitrogen and oxygen atoms in total. The standard InChI is InChI=1S/C16H21F3N2/c17-16(18,19)12-4-6-13(7-5-12)21-9-8-11-2-1-3-15(20)14(11)10-21/h1-3,12-13H,4-10,20H2. The summed E-state index contributed by atoms with van der Waals surface area (Å²) in [6.45, 7) is 1.71. The fourth-order valence-electron chi connectivity index (χ4n) is 3.71. The maximum atomic E-state index is 12.7. The first-order valence-electron chi connectivity index (χ1n) is 7.62. The normalized spacial score (nSPS) is 27.4. The van der Waals surface area contributed by atoms with Gasteiger partial charge in [-0.15, -0.1) is 0 Å². The Labute approximate surface area is 123 Å². The quantitative estimate of drug-likeness (QED) is 0.800. The van der Waals surface area contributed by atoms with Crippen molar-refractivity contribution >= 4 is 5.69 Å². The molecule has 0 spiro atoms. The van der Waals surface area contributed by atoms with Crippen molar-refractivity contribution < 1.29 is 13.2 Å². The Hall–Kier alpha value is -1.23. The third kappa shape index (κ3) is 3.03. The van der Waals surface area contributed by atoms with Crippen LogP contribution in [-0.2, 0) is 13.0 Å². The van der Waals surface area contributed by atoms with Gasteiger partial charge in [0.05, 0.1) is 5.92 Å². The third-order valence-corrected chi connectivity index (χ3v) is 5.01. The first-order chi connectivity index (χ1) is 9.95. The van der Waals surface area contributed by atoms with Gasteiger partial charge in [0.15, 0.2) is 0 Å². The molecule has 1 fully saturated rings. The molecule has 0 bridgehead atoms. The second kappa shape index (κ2) is 5.52. The van der Waals surface area contributed by atoms with Gasteiger partial charge < -0.3 is 5.73 Å². The van der Waals surface area contributed by atoms with Crippen LogP contribution in [0.2, 0.25) is 0 Å². The van der Waals surface area contributed by atoms with E-state index in [0.717, 1.165) is 25.2 Å². The number of nitrogen functional groups attached to an aromatic ring is 1. The highest BCUT2D eigenvalue weighted by molar-refractivity contribution is 5.51. The topological polar surface area (TPSA) is 29.3 Å². The van der Waals surface area contributed by atoms with Gasteiger partial charge in [-0.2, -0.15) is 13.2 Å². The molecule has 0 aromatic heterocycles. The maximum Gasteiger partial charge on any atom is 0.391 e. The van der Waals surface area contributed by atoms with E-state index in [4.69, 9.17) is 5.73 Å². The van der Waals surface area contributed by atoms with Crippen LogP contribution in [0.4, 0.5) is 18.9 Å². The first-order valence-corrected chi connectivity index (χ1v) is 7.62. The number of nitrogens with two attached hydrogens (primary N) is 1. The number of benzene rings is 1. The molecule has 0 unspecified atom stereocenters. The molecule has 21 heavy (non-hydrogen) atoms. The van der Waals surface area contributed by atoms with E-state index in [1.54, 1.807) is 0 Å². The molecular formula is C16H21F3N2. The predicted molar refractivity (Wildman–Crippen MR) is 76.8 cm³/mol. The van der Waals surface area contributed by atoms with Gasteiger partial charge in [-0.25, -0.2) is 0 Å². The number of halogens is 3. The smallest absolute Gasteiger partial charge is 0.391 e. The molecule has 2 N–H and O–H groups in total. The molecule has 1 aromatic rings. The van der Waals surface area contributed by atoms with Crippen LogP contribution >= 0.6 is 0 Å². The lowest BCUT2D eigenvalue weighted by Crippen LogP contribution is -2.43. The molecule has 1 saturated carbocycles. The van der Waals surface area contributed by atoms with Crippen molar-refractivity contribution in [1.29, 1.82) is 0 Å². The summed E-state index contributed by atoms with van der Waals surface area (Å²) in [5, 5.41) is 0. The largest absolute Gasteiger partial charge is 0.398 e. The highest BCUT2D eigenvalue weighted by Gasteiger charge is 2.42. The molecule has 3 rings (SSSR count). The lowest BCUT2D eigenvalue weighted by atomic mass is 9.84. The Kier molecular flexibility index (Phi) is 3.86. The molecule has 0 amide bonds. The minimum Gasteiger partial charge on any atom is -0.398 e. The van der Waals surface area contributed by atoms with Crippen molar-refractivity contribution in [2.75, 3.05) is 12.3 Å². The van der Waals surface area contributed by atoms with Gasteiger partial charge in [0, 0.05) is 24.8 Å². The van der Waals surface area contributed by atoms with Crippen molar-refractivity contribution in [1.82, 2.24) is 4.90 Å². The van der Waals surface area contributed by atoms with Crippen molar-refractivity contribution in [3.8, 4) is 0 Å². The van der Waals surface area contributed by atoms with Gasteiger partial charge in [-0.05, 0) is 49.3 Å². The number of hydrogen-bond acceptors (Lipinski definition) is 2. The Balaban J connectivity index is 1.64. The summed E-state index contributed by atoms with van der Waals surface area (Å²) >= 11 is 0. The third-order valence-electron chi connectivity index (χ3n) is 5.01. The molecule has 0 radical (unpaired) electrons. The Bertz CT molecular complexity index is 505. The number of hydrogen-bond donors (Lipinski definition) is 1. The molecular weight excluding hydrogens is 277 g/mol. The van der Waals surface area contributed by atoms with E-state index in [1.807, 2.05) is 12.1 Å². The van der Waals surface area contributed by atoms with Crippen LogP contribution in [0.5, 0.6) is 0 Å². The lowest BCUT2D eigenvalue weighted by Gasteiger charge is -2.40. The number of nitrogens with zero attached hydrogens (tertiary/aromatic N) is 1. The van der Waals surface area contributed by atoms with E-state index in [1.165, 1.54) is 11.1 Å². The molecule has 116 valence electrons. The summed E-state index contributed by atoms with van der Waals surface area (Å²) in [6.07, 6.45) is -1.26. The SMILES string of the molecule is Nc1cccc2c1CN(C1CCC(C(F)(F)F)CC1)CC2. The minimum absolute atomic E-state index is 0.266. The average molecular weight is 298 g/mol. The number of rotatable bonds is 1. The van der Waals surface area contributed by atoms with Gasteiger partial charge in [0.2, 0.25) is 0 Å². The summed E-state index contributed by atoms with van der Waals surface area (Å²) in [4.78, 5) is 2.32. The first kappa shape index (κ1) is 14.7. The Morgan fingerprint density at radius 2 is 1.81 bits per heavy atom. The van der Waals surface area contributed by atoms with Crippen molar-refractivity contribution in [2.45, 2.75) is 50.9 Å². The second-order valence-corrected chi connectivity index (χ2v) is 6.25. The number of fused-ring (bicyclic) bond motifs is 1. The molecule has 0 saturated heterocycles. The van der Waals surface area contributed by atoms with E-state index < -0.39 is 12.1 Å². The molecule has 1 aliphatic heterocycles. The predicted octanol–water partition coefficient (Wildman–Crippen LogP) is 3.75. The number of alkyl halides is 3. The van der Waals surface area contributed by atoms with Crippen LogP contribution in [0.25, 0.3) is 0 Å². The summed E-state index contributed by atoms with van der Waals surface area (Å²) in [5.74, 6) is -1.10. The Morgan fingerprint density at radius 3 is 2.48 bits per heavy atom. The highest BCUT2D eigenvalue weighted by atomic mass is 19.4. The minimum atomic E-state index is -4.02. The monoisotopic (exact) mass is 298 g/mol. The number of anilines is 1. The summed E-state index contributed by atoms with van der Waals surface area (Å²) in [7, 11) is 0. The molecule has 5 heteroatoms. The summed E-state index contributed by atoms with van der Waals surface area (Å²) < 4.78 is 38.2. The zero-order valence-corrected chi connectivity index (χ0v) is 12.0. The zero-order chi connectivity index (χ0) is 15.0. The summed E-state index contributed by atoms with van der Waals surface area (Å²) in [5.41, 5.74) is 9.30. The highest BCUT2D eigenvalue weighted by Crippen LogP contribution is 2.39. The molecule has 2 aliphatic rings. The van der Waals surface area contributed by atoms with Gasteiger partial charge >= 0.3 is 6.18 Å². The van der Waals surface area contributed by atoms with Crippen LogP contribution in [-0.4, -0.2) is 23.7 Å². The van der Waals surface area contributed by atoms with E-state index in [2.05, 4.69) is 11.0 Å². The van der Waals surface area contributed by atoms with Crippen LogP contribution in [0.3, 0.4) is 0 Å². The maximum absolute atomic E-state index is 12.7. The molecule has 1 aromatic carbocycles. The van der Waals surface area contributed by atoms with Gasteiger partial charge in [-0.3, -0.25) is 4.90 Å². The molecule has 1 heterocycles. The van der Waals surface area contributed by atoms with Crippen molar-refractivity contribution in [3.05, 3.63) is 29.3 Å². The summed E-state index contributed by atoms with van der Waals surface area (Å²) in [6, 6.07) is 6.25. The van der Waals surface area contributed by atoms with Gasteiger partial charge in [-0.1, -0.05) is 12.1 Å². The van der Waals surface area contributed by atoms with Crippen LogP contribution in [0.1, 0.15) is 36.8 Å². The van der Waals surface area contributed by atoms with Crippen LogP contribution in [0.15, 0.2) is 18.2 Å². The van der Waals surface area contributed by atoms with E-state index in [0.29, 0.717) is 12.8 Å². The van der Waals surface area contributed by atoms with E-state index >= 15 is 0 Å². The van der Waals surface area contributed by atoms with Gasteiger partial charge in [0.25, 0.3) is 0 Å². The van der Waals surface area contributed by atoms with E-state index in [-0.39, 0.29) is 18.9 Å². The van der Waals surface area contributed by atoms with Crippen LogP contribution < -0.4 is 5.73 Å². The lowest BCUT2D eigenvalue weighted by molar-refractivity contribution is -0.184. The molecule has 0 atom stereocenters. The zero-order valence-electron chi connectivity index (χ0n) is 12.0.